The fourth-order valence-electron chi connectivity index (χ4n) is 2.98. The largest absolute Gasteiger partial charge is 0.401 e. The van der Waals surface area contributed by atoms with Gasteiger partial charge in [0.25, 0.3) is 5.91 Å². The second kappa shape index (κ2) is 7.96. The van der Waals surface area contributed by atoms with Crippen LogP contribution in [-0.2, 0) is 0 Å². The van der Waals surface area contributed by atoms with Crippen molar-refractivity contribution in [1.82, 2.24) is 4.90 Å². The van der Waals surface area contributed by atoms with Gasteiger partial charge in [-0.1, -0.05) is 0 Å². The number of nitrogens with one attached hydrogen (secondary N) is 1. The highest BCUT2D eigenvalue weighted by Crippen LogP contribution is 2.22. The molecule has 0 saturated carbocycles. The van der Waals surface area contributed by atoms with Crippen molar-refractivity contribution in [2.24, 2.45) is 0 Å². The minimum absolute atomic E-state index is 0.344. The van der Waals surface area contributed by atoms with Gasteiger partial charge in [-0.3, -0.25) is 9.69 Å². The fraction of sp³-hybridized carbons (Fsp3) is 0.316. The minimum Gasteiger partial charge on any atom is -0.369 e. The van der Waals surface area contributed by atoms with Crippen molar-refractivity contribution in [2.75, 3.05) is 42.9 Å². The number of amides is 1. The fourth-order valence-corrected chi connectivity index (χ4v) is 2.98. The summed E-state index contributed by atoms with van der Waals surface area (Å²) in [5, 5.41) is 2.73. The highest BCUT2D eigenvalue weighted by molar-refractivity contribution is 6.04. The van der Waals surface area contributed by atoms with Gasteiger partial charge in [0.2, 0.25) is 0 Å². The highest BCUT2D eigenvalue weighted by Gasteiger charge is 2.32. The first kappa shape index (κ1) is 19.2. The van der Waals surface area contributed by atoms with Crippen LogP contribution in [0.4, 0.5) is 28.9 Å². The topological polar surface area (TPSA) is 35.6 Å². The van der Waals surface area contributed by atoms with E-state index in [1.165, 1.54) is 29.2 Å². The van der Waals surface area contributed by atoms with Crippen molar-refractivity contribution in [3.8, 4) is 0 Å². The Kier molecular flexibility index (Phi) is 5.65. The summed E-state index contributed by atoms with van der Waals surface area (Å²) in [6, 6.07) is 12.4. The molecule has 2 aromatic carbocycles. The van der Waals surface area contributed by atoms with Crippen LogP contribution in [0.15, 0.2) is 48.5 Å². The molecule has 0 spiro atoms. The lowest BCUT2D eigenvalue weighted by Crippen LogP contribution is -2.49. The number of anilines is 2. The quantitative estimate of drug-likeness (QED) is 0.820. The number of carbonyl (C=O) groups is 1. The third-order valence-corrected chi connectivity index (χ3v) is 4.37. The summed E-state index contributed by atoms with van der Waals surface area (Å²) in [6.07, 6.45) is -4.17. The first-order chi connectivity index (χ1) is 12.8. The Morgan fingerprint density at radius 1 is 0.926 bits per heavy atom. The third-order valence-electron chi connectivity index (χ3n) is 4.37. The molecule has 1 N–H and O–H groups in total. The van der Waals surface area contributed by atoms with Crippen LogP contribution >= 0.6 is 0 Å². The highest BCUT2D eigenvalue weighted by atomic mass is 19.4. The Morgan fingerprint density at radius 3 is 2.07 bits per heavy atom. The number of halogens is 4. The van der Waals surface area contributed by atoms with Crippen LogP contribution < -0.4 is 10.2 Å². The van der Waals surface area contributed by atoms with Gasteiger partial charge in [-0.2, -0.15) is 13.2 Å². The van der Waals surface area contributed by atoms with E-state index in [0.29, 0.717) is 37.4 Å². The summed E-state index contributed by atoms with van der Waals surface area (Å²) in [6.45, 7) is 0.842. The van der Waals surface area contributed by atoms with E-state index >= 15 is 0 Å². The van der Waals surface area contributed by atoms with Crippen LogP contribution in [0.25, 0.3) is 0 Å². The third kappa shape index (κ3) is 5.43. The number of nitrogens with zero attached hydrogens (tertiary/aromatic N) is 2. The van der Waals surface area contributed by atoms with Gasteiger partial charge in [0.05, 0.1) is 6.54 Å². The lowest BCUT2D eigenvalue weighted by atomic mass is 10.2. The predicted octanol–water partition coefficient (Wildman–Crippen LogP) is 3.76. The number of hydrogen-bond acceptors (Lipinski definition) is 3. The smallest absolute Gasteiger partial charge is 0.369 e. The molecule has 0 aromatic heterocycles. The summed E-state index contributed by atoms with van der Waals surface area (Å²) in [7, 11) is 0. The van der Waals surface area contributed by atoms with Crippen molar-refractivity contribution < 1.29 is 22.4 Å². The monoisotopic (exact) mass is 381 g/mol. The van der Waals surface area contributed by atoms with Crippen molar-refractivity contribution in [1.29, 1.82) is 0 Å². The van der Waals surface area contributed by atoms with Gasteiger partial charge in [0.15, 0.2) is 0 Å². The van der Waals surface area contributed by atoms with E-state index in [1.807, 2.05) is 17.0 Å². The maximum Gasteiger partial charge on any atom is 0.401 e. The lowest BCUT2D eigenvalue weighted by molar-refractivity contribution is -0.146. The zero-order valence-corrected chi connectivity index (χ0v) is 14.5. The molecule has 1 fully saturated rings. The zero-order chi connectivity index (χ0) is 19.4. The maximum absolute atomic E-state index is 12.9. The summed E-state index contributed by atoms with van der Waals surface area (Å²) >= 11 is 0. The van der Waals surface area contributed by atoms with E-state index in [1.54, 1.807) is 12.1 Å². The molecule has 27 heavy (non-hydrogen) atoms. The van der Waals surface area contributed by atoms with Gasteiger partial charge in [-0.15, -0.1) is 0 Å². The van der Waals surface area contributed by atoms with Crippen LogP contribution in [0.2, 0.25) is 0 Å². The number of benzene rings is 2. The molecule has 1 aliphatic rings. The molecule has 1 aliphatic heterocycles. The van der Waals surface area contributed by atoms with E-state index in [4.69, 9.17) is 0 Å². The van der Waals surface area contributed by atoms with Gasteiger partial charge in [-0.25, -0.2) is 4.39 Å². The van der Waals surface area contributed by atoms with Gasteiger partial charge >= 0.3 is 6.18 Å². The minimum atomic E-state index is -4.17. The van der Waals surface area contributed by atoms with Gasteiger partial charge < -0.3 is 10.2 Å². The SMILES string of the molecule is O=C(Nc1ccc(N2CCN(CC(F)(F)F)CC2)cc1)c1ccc(F)cc1. The Hall–Kier alpha value is -2.61. The van der Waals surface area contributed by atoms with Crippen LogP contribution in [0.5, 0.6) is 0 Å². The van der Waals surface area contributed by atoms with Crippen molar-refractivity contribution in [2.45, 2.75) is 6.18 Å². The van der Waals surface area contributed by atoms with Crippen molar-refractivity contribution in [3.05, 3.63) is 59.9 Å². The molecule has 0 unspecified atom stereocenters. The van der Waals surface area contributed by atoms with Crippen LogP contribution in [0.1, 0.15) is 10.4 Å². The molecule has 3 rings (SSSR count). The second-order valence-electron chi connectivity index (χ2n) is 6.39. The van der Waals surface area contributed by atoms with E-state index in [2.05, 4.69) is 5.32 Å². The molecule has 144 valence electrons. The first-order valence-electron chi connectivity index (χ1n) is 8.51. The second-order valence-corrected chi connectivity index (χ2v) is 6.39. The van der Waals surface area contributed by atoms with Crippen LogP contribution in [0, 0.1) is 5.82 Å². The standard InChI is InChI=1S/C19H19F4N3O/c20-15-3-1-14(2-4-15)18(27)24-16-5-7-17(8-6-16)26-11-9-25(10-12-26)13-19(21,22)23/h1-8H,9-13H2,(H,24,27). The average Bonchev–Trinajstić information content (AvgIpc) is 2.62. The lowest BCUT2D eigenvalue weighted by Gasteiger charge is -2.36. The molecular formula is C19H19F4N3O. The Morgan fingerprint density at radius 2 is 1.52 bits per heavy atom. The number of alkyl halides is 3. The molecule has 0 atom stereocenters. The van der Waals surface area contributed by atoms with Gasteiger partial charge in [-0.05, 0) is 48.5 Å². The summed E-state index contributed by atoms with van der Waals surface area (Å²) < 4.78 is 50.2. The molecule has 1 saturated heterocycles. The molecule has 2 aromatic rings. The summed E-state index contributed by atoms with van der Waals surface area (Å²) in [5.41, 5.74) is 1.83. The maximum atomic E-state index is 12.9. The van der Waals surface area contributed by atoms with Gasteiger partial charge in [0, 0.05) is 43.1 Å². The van der Waals surface area contributed by atoms with E-state index in [9.17, 15) is 22.4 Å². The Bertz CT molecular complexity index is 767. The number of piperazine rings is 1. The Balaban J connectivity index is 1.55. The predicted molar refractivity (Wildman–Crippen MR) is 95.5 cm³/mol. The molecule has 1 amide bonds. The molecule has 4 nitrogen and oxygen atoms in total. The Labute approximate surface area is 154 Å². The van der Waals surface area contributed by atoms with Crippen molar-refractivity contribution in [3.63, 3.8) is 0 Å². The summed E-state index contributed by atoms with van der Waals surface area (Å²) in [4.78, 5) is 15.5. The number of rotatable bonds is 4. The van der Waals surface area contributed by atoms with E-state index < -0.39 is 18.5 Å². The van der Waals surface area contributed by atoms with E-state index in [0.717, 1.165) is 5.69 Å². The number of carbonyl (C=O) groups excluding carboxylic acids is 1. The molecule has 1 heterocycles. The van der Waals surface area contributed by atoms with Crippen LogP contribution in [0.3, 0.4) is 0 Å². The first-order valence-corrected chi connectivity index (χ1v) is 8.51. The molecular weight excluding hydrogens is 362 g/mol. The normalized spacial score (nSPS) is 15.6. The molecule has 8 heteroatoms. The van der Waals surface area contributed by atoms with Crippen molar-refractivity contribution >= 4 is 17.3 Å². The van der Waals surface area contributed by atoms with Gasteiger partial charge in [0.1, 0.15) is 5.82 Å². The molecule has 0 radical (unpaired) electrons. The average molecular weight is 381 g/mol. The zero-order valence-electron chi connectivity index (χ0n) is 14.5. The number of hydrogen-bond donors (Lipinski definition) is 1. The summed E-state index contributed by atoms with van der Waals surface area (Å²) in [5.74, 6) is -0.755. The molecule has 0 bridgehead atoms. The molecule has 0 aliphatic carbocycles. The van der Waals surface area contributed by atoms with E-state index in [-0.39, 0.29) is 5.91 Å². The van der Waals surface area contributed by atoms with Crippen LogP contribution in [-0.4, -0.2) is 49.7 Å².